The molecular formula is C13H16N2O2S. The zero-order valence-electron chi connectivity index (χ0n) is 10.4. The SMILES string of the molecule is CC1=C(C(=O)Nc2nc3c(s2)COCC3)CCC1. The molecule has 1 aliphatic carbocycles. The first-order valence-electron chi connectivity index (χ1n) is 6.30. The highest BCUT2D eigenvalue weighted by Crippen LogP contribution is 2.29. The Morgan fingerprint density at radius 2 is 2.28 bits per heavy atom. The van der Waals surface area contributed by atoms with Crippen molar-refractivity contribution < 1.29 is 9.53 Å². The molecule has 0 unspecified atom stereocenters. The van der Waals surface area contributed by atoms with E-state index >= 15 is 0 Å². The van der Waals surface area contributed by atoms with Crippen LogP contribution in [0.2, 0.25) is 0 Å². The zero-order chi connectivity index (χ0) is 12.5. The number of nitrogens with zero attached hydrogens (tertiary/aromatic N) is 1. The van der Waals surface area contributed by atoms with E-state index in [9.17, 15) is 4.79 Å². The van der Waals surface area contributed by atoms with E-state index in [2.05, 4.69) is 10.3 Å². The Kier molecular flexibility index (Phi) is 3.18. The molecule has 0 atom stereocenters. The molecule has 2 heterocycles. The van der Waals surface area contributed by atoms with Gasteiger partial charge in [-0.15, -0.1) is 0 Å². The van der Waals surface area contributed by atoms with E-state index in [0.717, 1.165) is 48.4 Å². The fourth-order valence-electron chi connectivity index (χ4n) is 2.45. The second-order valence-electron chi connectivity index (χ2n) is 4.76. The van der Waals surface area contributed by atoms with Gasteiger partial charge in [0.1, 0.15) is 0 Å². The summed E-state index contributed by atoms with van der Waals surface area (Å²) in [6.07, 6.45) is 3.89. The van der Waals surface area contributed by atoms with Crippen LogP contribution in [0.15, 0.2) is 11.1 Å². The van der Waals surface area contributed by atoms with Crippen LogP contribution in [0.4, 0.5) is 5.13 Å². The average molecular weight is 264 g/mol. The number of fused-ring (bicyclic) bond motifs is 1. The van der Waals surface area contributed by atoms with Crippen LogP contribution in [0.1, 0.15) is 36.8 Å². The molecule has 0 spiro atoms. The van der Waals surface area contributed by atoms with E-state index in [1.807, 2.05) is 6.92 Å². The normalized spacial score (nSPS) is 18.9. The summed E-state index contributed by atoms with van der Waals surface area (Å²) in [7, 11) is 0. The summed E-state index contributed by atoms with van der Waals surface area (Å²) >= 11 is 1.53. The van der Waals surface area contributed by atoms with Gasteiger partial charge in [0.25, 0.3) is 5.91 Å². The molecule has 1 aromatic rings. The van der Waals surface area contributed by atoms with Gasteiger partial charge in [-0.25, -0.2) is 4.98 Å². The standard InChI is InChI=1S/C13H16N2O2S/c1-8-3-2-4-9(8)12(16)15-13-14-10-5-6-17-7-11(10)18-13/h2-7H2,1H3,(H,14,15,16). The summed E-state index contributed by atoms with van der Waals surface area (Å²) in [5, 5.41) is 3.64. The van der Waals surface area contributed by atoms with Gasteiger partial charge in [0.05, 0.1) is 23.8 Å². The largest absolute Gasteiger partial charge is 0.375 e. The molecule has 18 heavy (non-hydrogen) atoms. The number of carbonyl (C=O) groups excluding carboxylic acids is 1. The van der Waals surface area contributed by atoms with E-state index in [4.69, 9.17) is 4.74 Å². The van der Waals surface area contributed by atoms with Gasteiger partial charge < -0.3 is 4.74 Å². The first-order valence-corrected chi connectivity index (χ1v) is 7.12. The molecule has 0 radical (unpaired) electrons. The van der Waals surface area contributed by atoms with Gasteiger partial charge in [-0.2, -0.15) is 0 Å². The topological polar surface area (TPSA) is 51.2 Å². The maximum Gasteiger partial charge on any atom is 0.253 e. The molecule has 1 aliphatic heterocycles. The highest BCUT2D eigenvalue weighted by Gasteiger charge is 2.21. The van der Waals surface area contributed by atoms with Crippen LogP contribution in [0.25, 0.3) is 0 Å². The third-order valence-corrected chi connectivity index (χ3v) is 4.47. The number of allylic oxidation sites excluding steroid dienone is 1. The third-order valence-electron chi connectivity index (χ3n) is 3.48. The summed E-state index contributed by atoms with van der Waals surface area (Å²) < 4.78 is 5.38. The molecule has 1 N–H and O–H groups in total. The van der Waals surface area contributed by atoms with E-state index in [1.165, 1.54) is 16.9 Å². The molecule has 5 heteroatoms. The van der Waals surface area contributed by atoms with E-state index < -0.39 is 0 Å². The van der Waals surface area contributed by atoms with Crippen LogP contribution < -0.4 is 5.32 Å². The fourth-order valence-corrected chi connectivity index (χ4v) is 3.39. The smallest absolute Gasteiger partial charge is 0.253 e. The van der Waals surface area contributed by atoms with Gasteiger partial charge >= 0.3 is 0 Å². The highest BCUT2D eigenvalue weighted by molar-refractivity contribution is 7.15. The minimum Gasteiger partial charge on any atom is -0.375 e. The van der Waals surface area contributed by atoms with Crippen molar-refractivity contribution in [2.24, 2.45) is 0 Å². The Morgan fingerprint density at radius 1 is 1.39 bits per heavy atom. The van der Waals surface area contributed by atoms with Crippen molar-refractivity contribution in [1.29, 1.82) is 0 Å². The van der Waals surface area contributed by atoms with Gasteiger partial charge in [0, 0.05) is 12.0 Å². The summed E-state index contributed by atoms with van der Waals surface area (Å²) in [5.74, 6) is 0.0250. The zero-order valence-corrected chi connectivity index (χ0v) is 11.2. The first kappa shape index (κ1) is 11.9. The Hall–Kier alpha value is -1.20. The molecule has 0 saturated carbocycles. The number of hydrogen-bond acceptors (Lipinski definition) is 4. The van der Waals surface area contributed by atoms with E-state index in [1.54, 1.807) is 0 Å². The lowest BCUT2D eigenvalue weighted by Crippen LogP contribution is -2.14. The van der Waals surface area contributed by atoms with Crippen LogP contribution in [-0.2, 0) is 22.6 Å². The Bertz CT molecular complexity index is 496. The molecule has 4 nitrogen and oxygen atoms in total. The second-order valence-corrected chi connectivity index (χ2v) is 5.84. The molecule has 0 saturated heterocycles. The summed E-state index contributed by atoms with van der Waals surface area (Å²) in [6, 6.07) is 0. The molecule has 1 amide bonds. The maximum atomic E-state index is 12.1. The number of anilines is 1. The lowest BCUT2D eigenvalue weighted by molar-refractivity contribution is -0.113. The van der Waals surface area contributed by atoms with Crippen LogP contribution in [0.5, 0.6) is 0 Å². The average Bonchev–Trinajstić information content (AvgIpc) is 2.94. The van der Waals surface area contributed by atoms with Gasteiger partial charge in [-0.05, 0) is 26.2 Å². The number of ether oxygens (including phenoxy) is 1. The maximum absolute atomic E-state index is 12.1. The number of hydrogen-bond donors (Lipinski definition) is 1. The number of aromatic nitrogens is 1. The van der Waals surface area contributed by atoms with Crippen molar-refractivity contribution in [2.45, 2.75) is 39.2 Å². The Morgan fingerprint density at radius 3 is 3.00 bits per heavy atom. The summed E-state index contributed by atoms with van der Waals surface area (Å²) in [6.45, 7) is 3.40. The molecule has 0 bridgehead atoms. The molecule has 1 aromatic heterocycles. The number of amides is 1. The molecule has 3 rings (SSSR count). The van der Waals surface area contributed by atoms with Crippen molar-refractivity contribution >= 4 is 22.4 Å². The number of nitrogens with one attached hydrogen (secondary N) is 1. The van der Waals surface area contributed by atoms with Gasteiger partial charge in [-0.1, -0.05) is 16.9 Å². The lowest BCUT2D eigenvalue weighted by atomic mass is 10.2. The van der Waals surface area contributed by atoms with Gasteiger partial charge in [-0.3, -0.25) is 10.1 Å². The van der Waals surface area contributed by atoms with Crippen molar-refractivity contribution in [3.05, 3.63) is 21.7 Å². The number of rotatable bonds is 2. The van der Waals surface area contributed by atoms with Gasteiger partial charge in [0.15, 0.2) is 5.13 Å². The number of thiazole rings is 1. The van der Waals surface area contributed by atoms with Crippen LogP contribution in [0.3, 0.4) is 0 Å². The molecular weight excluding hydrogens is 248 g/mol. The van der Waals surface area contributed by atoms with Crippen LogP contribution in [-0.4, -0.2) is 17.5 Å². The number of carbonyl (C=O) groups is 1. The summed E-state index contributed by atoms with van der Waals surface area (Å²) in [5.41, 5.74) is 3.25. The molecule has 2 aliphatic rings. The Labute approximate surface area is 110 Å². The van der Waals surface area contributed by atoms with Crippen molar-refractivity contribution in [2.75, 3.05) is 11.9 Å². The van der Waals surface area contributed by atoms with E-state index in [-0.39, 0.29) is 5.91 Å². The van der Waals surface area contributed by atoms with Crippen LogP contribution >= 0.6 is 11.3 Å². The van der Waals surface area contributed by atoms with Crippen molar-refractivity contribution in [1.82, 2.24) is 4.98 Å². The fraction of sp³-hybridized carbons (Fsp3) is 0.538. The van der Waals surface area contributed by atoms with Crippen molar-refractivity contribution in [3.63, 3.8) is 0 Å². The van der Waals surface area contributed by atoms with Crippen LogP contribution in [0, 0.1) is 0 Å². The predicted octanol–water partition coefficient (Wildman–Crippen LogP) is 2.65. The molecule has 96 valence electrons. The van der Waals surface area contributed by atoms with E-state index in [0.29, 0.717) is 11.7 Å². The van der Waals surface area contributed by atoms with Gasteiger partial charge in [0.2, 0.25) is 0 Å². The first-order chi connectivity index (χ1) is 8.74. The Balaban J connectivity index is 1.74. The minimum absolute atomic E-state index is 0.0250. The third kappa shape index (κ3) is 2.20. The minimum atomic E-state index is 0.0250. The molecule has 0 aromatic carbocycles. The lowest BCUT2D eigenvalue weighted by Gasteiger charge is -2.08. The van der Waals surface area contributed by atoms with Crippen molar-refractivity contribution in [3.8, 4) is 0 Å². The second kappa shape index (κ2) is 4.82. The quantitative estimate of drug-likeness (QED) is 0.893. The molecule has 0 fully saturated rings. The monoisotopic (exact) mass is 264 g/mol. The highest BCUT2D eigenvalue weighted by atomic mass is 32.1. The predicted molar refractivity (Wildman–Crippen MR) is 70.7 cm³/mol. The summed E-state index contributed by atoms with van der Waals surface area (Å²) in [4.78, 5) is 17.7.